The second-order valence-electron chi connectivity index (χ2n) is 4.68. The number of amides is 2. The fourth-order valence-electron chi connectivity index (χ4n) is 2.01. The number of hydrogen-bond acceptors (Lipinski definition) is 3. The van der Waals surface area contributed by atoms with E-state index in [1.54, 1.807) is 6.07 Å². The van der Waals surface area contributed by atoms with Crippen LogP contribution < -0.4 is 10.6 Å². The summed E-state index contributed by atoms with van der Waals surface area (Å²) in [5.74, 6) is 1.59. The molecule has 1 unspecified atom stereocenters. The van der Waals surface area contributed by atoms with Gasteiger partial charge < -0.3 is 15.7 Å². The largest absolute Gasteiger partial charge is 0.478 e. The first-order chi connectivity index (χ1) is 9.97. The van der Waals surface area contributed by atoms with Gasteiger partial charge in [0.1, 0.15) is 0 Å². The molecule has 1 saturated heterocycles. The smallest absolute Gasteiger partial charge is 0.337 e. The van der Waals surface area contributed by atoms with Crippen LogP contribution in [0, 0.1) is 5.92 Å². The lowest BCUT2D eigenvalue weighted by atomic mass is 10.1. The van der Waals surface area contributed by atoms with Crippen LogP contribution in [0.25, 0.3) is 0 Å². The Morgan fingerprint density at radius 3 is 2.76 bits per heavy atom. The highest BCUT2D eigenvalue weighted by atomic mass is 79.9. The Bertz CT molecular complexity index is 563. The molecule has 114 valence electrons. The Morgan fingerprint density at radius 1 is 1.38 bits per heavy atom. The summed E-state index contributed by atoms with van der Waals surface area (Å²) < 4.78 is 1.14. The highest BCUT2D eigenvalue weighted by Crippen LogP contribution is 2.31. The van der Waals surface area contributed by atoms with Crippen molar-refractivity contribution in [2.24, 2.45) is 5.92 Å². The van der Waals surface area contributed by atoms with E-state index in [9.17, 15) is 14.7 Å². The minimum absolute atomic E-state index is 0.0304. The number of halogens is 2. The van der Waals surface area contributed by atoms with Crippen molar-refractivity contribution < 1.29 is 14.7 Å². The number of thioether (sulfide) groups is 1. The molecule has 1 atom stereocenters. The summed E-state index contributed by atoms with van der Waals surface area (Å²) in [6, 6.07) is 2.75. The van der Waals surface area contributed by atoms with Crippen LogP contribution in [0.15, 0.2) is 21.1 Å². The Labute approximate surface area is 143 Å². The minimum atomic E-state index is -1.10. The van der Waals surface area contributed by atoms with Crippen LogP contribution in [0.4, 0.5) is 10.5 Å². The Balaban J connectivity index is 2.04. The SMILES string of the molecule is O=C(NCC1CCSC1)Nc1c(Br)cc(Br)cc1C(=O)O. The molecule has 1 aromatic rings. The summed E-state index contributed by atoms with van der Waals surface area (Å²) in [4.78, 5) is 23.2. The number of benzene rings is 1. The fourth-order valence-corrected chi connectivity index (χ4v) is 4.62. The zero-order valence-corrected chi connectivity index (χ0v) is 15.0. The summed E-state index contributed by atoms with van der Waals surface area (Å²) in [6.07, 6.45) is 1.10. The minimum Gasteiger partial charge on any atom is -0.478 e. The van der Waals surface area contributed by atoms with Crippen molar-refractivity contribution in [3.05, 3.63) is 26.6 Å². The molecule has 0 aliphatic carbocycles. The van der Waals surface area contributed by atoms with E-state index in [2.05, 4.69) is 42.5 Å². The van der Waals surface area contributed by atoms with Crippen molar-refractivity contribution in [1.82, 2.24) is 5.32 Å². The molecule has 1 aliphatic rings. The molecule has 0 bridgehead atoms. The van der Waals surface area contributed by atoms with Gasteiger partial charge in [0.05, 0.1) is 11.3 Å². The Morgan fingerprint density at radius 2 is 2.14 bits per heavy atom. The Hall–Kier alpha value is -0.730. The van der Waals surface area contributed by atoms with E-state index >= 15 is 0 Å². The van der Waals surface area contributed by atoms with Crippen LogP contribution in [-0.2, 0) is 0 Å². The van der Waals surface area contributed by atoms with Crippen molar-refractivity contribution in [1.29, 1.82) is 0 Å². The molecule has 3 N–H and O–H groups in total. The molecule has 1 heterocycles. The maximum atomic E-state index is 11.9. The van der Waals surface area contributed by atoms with Gasteiger partial charge >= 0.3 is 12.0 Å². The number of nitrogens with one attached hydrogen (secondary N) is 2. The second-order valence-corrected chi connectivity index (χ2v) is 7.60. The molecule has 0 aromatic heterocycles. The van der Waals surface area contributed by atoms with Gasteiger partial charge in [0.2, 0.25) is 0 Å². The lowest BCUT2D eigenvalue weighted by molar-refractivity contribution is 0.0698. The highest BCUT2D eigenvalue weighted by Gasteiger charge is 2.19. The monoisotopic (exact) mass is 436 g/mol. The molecule has 1 aliphatic heterocycles. The molecule has 0 saturated carbocycles. The van der Waals surface area contributed by atoms with Crippen molar-refractivity contribution >= 4 is 61.3 Å². The van der Waals surface area contributed by atoms with E-state index in [4.69, 9.17) is 0 Å². The molecular formula is C13H14Br2N2O3S. The second kappa shape index (κ2) is 7.51. The molecule has 5 nitrogen and oxygen atoms in total. The first kappa shape index (κ1) is 16.6. The van der Waals surface area contributed by atoms with E-state index in [1.807, 2.05) is 11.8 Å². The van der Waals surface area contributed by atoms with Gasteiger partial charge in [0, 0.05) is 15.5 Å². The molecular weight excluding hydrogens is 424 g/mol. The van der Waals surface area contributed by atoms with Crippen LogP contribution in [0.1, 0.15) is 16.8 Å². The average molecular weight is 438 g/mol. The van der Waals surface area contributed by atoms with Gasteiger partial charge in [-0.1, -0.05) is 15.9 Å². The average Bonchev–Trinajstić information content (AvgIpc) is 2.92. The molecule has 2 amide bonds. The maximum Gasteiger partial charge on any atom is 0.337 e. The van der Waals surface area contributed by atoms with Crippen molar-refractivity contribution in [2.45, 2.75) is 6.42 Å². The molecule has 21 heavy (non-hydrogen) atoms. The van der Waals surface area contributed by atoms with Crippen LogP contribution in [0.2, 0.25) is 0 Å². The third kappa shape index (κ3) is 4.62. The van der Waals surface area contributed by atoms with Crippen molar-refractivity contribution in [3.63, 3.8) is 0 Å². The van der Waals surface area contributed by atoms with Crippen molar-refractivity contribution in [2.75, 3.05) is 23.4 Å². The van der Waals surface area contributed by atoms with E-state index < -0.39 is 12.0 Å². The van der Waals surface area contributed by atoms with Crippen LogP contribution in [0.3, 0.4) is 0 Å². The number of carbonyl (C=O) groups excluding carboxylic acids is 1. The number of carbonyl (C=O) groups is 2. The van der Waals surface area contributed by atoms with E-state index in [0.717, 1.165) is 17.9 Å². The number of carboxylic acid groups (broad SMARTS) is 1. The molecule has 1 aromatic carbocycles. The van der Waals surface area contributed by atoms with E-state index in [1.165, 1.54) is 6.07 Å². The van der Waals surface area contributed by atoms with Gasteiger partial charge in [-0.25, -0.2) is 9.59 Å². The van der Waals surface area contributed by atoms with Gasteiger partial charge in [0.25, 0.3) is 0 Å². The Kier molecular flexibility index (Phi) is 5.95. The fraction of sp³-hybridized carbons (Fsp3) is 0.385. The quantitative estimate of drug-likeness (QED) is 0.669. The molecule has 0 radical (unpaired) electrons. The zero-order valence-electron chi connectivity index (χ0n) is 11.0. The number of anilines is 1. The third-order valence-corrected chi connectivity index (χ3v) is 5.41. The third-order valence-electron chi connectivity index (χ3n) is 3.10. The van der Waals surface area contributed by atoms with Crippen LogP contribution in [0.5, 0.6) is 0 Å². The lowest BCUT2D eigenvalue weighted by Gasteiger charge is -2.14. The molecule has 1 fully saturated rings. The number of aromatic carboxylic acids is 1. The maximum absolute atomic E-state index is 11.9. The van der Waals surface area contributed by atoms with Crippen LogP contribution >= 0.6 is 43.6 Å². The number of rotatable bonds is 4. The summed E-state index contributed by atoms with van der Waals surface area (Å²) in [5.41, 5.74) is 0.284. The lowest BCUT2D eigenvalue weighted by Crippen LogP contribution is -2.33. The summed E-state index contributed by atoms with van der Waals surface area (Å²) in [6.45, 7) is 0.607. The topological polar surface area (TPSA) is 78.4 Å². The van der Waals surface area contributed by atoms with Gasteiger partial charge in [-0.05, 0) is 51.9 Å². The summed E-state index contributed by atoms with van der Waals surface area (Å²) >= 11 is 8.39. The normalized spacial score (nSPS) is 17.5. The predicted octanol–water partition coefficient (Wildman–Crippen LogP) is 3.78. The zero-order chi connectivity index (χ0) is 15.4. The van der Waals surface area contributed by atoms with Gasteiger partial charge in [-0.3, -0.25) is 0 Å². The first-order valence-electron chi connectivity index (χ1n) is 6.32. The van der Waals surface area contributed by atoms with E-state index in [0.29, 0.717) is 21.4 Å². The van der Waals surface area contributed by atoms with Gasteiger partial charge in [-0.15, -0.1) is 0 Å². The number of urea groups is 1. The van der Waals surface area contributed by atoms with Crippen LogP contribution in [-0.4, -0.2) is 35.2 Å². The highest BCUT2D eigenvalue weighted by molar-refractivity contribution is 9.11. The molecule has 8 heteroatoms. The van der Waals surface area contributed by atoms with Crippen molar-refractivity contribution in [3.8, 4) is 0 Å². The molecule has 0 spiro atoms. The number of carboxylic acids is 1. The summed E-state index contributed by atoms with van der Waals surface area (Å²) in [7, 11) is 0. The van der Waals surface area contributed by atoms with Gasteiger partial charge in [0.15, 0.2) is 0 Å². The summed E-state index contributed by atoms with van der Waals surface area (Å²) in [5, 5.41) is 14.6. The standard InChI is InChI=1S/C13H14Br2N2O3S/c14-8-3-9(12(18)19)11(10(15)4-8)17-13(20)16-5-7-1-2-21-6-7/h3-4,7H,1-2,5-6H2,(H,18,19)(H2,16,17,20). The molecule has 2 rings (SSSR count). The first-order valence-corrected chi connectivity index (χ1v) is 9.06. The predicted molar refractivity (Wildman–Crippen MR) is 91.3 cm³/mol. The van der Waals surface area contributed by atoms with Gasteiger partial charge in [-0.2, -0.15) is 11.8 Å². The van der Waals surface area contributed by atoms with E-state index in [-0.39, 0.29) is 11.3 Å². The number of hydrogen-bond donors (Lipinski definition) is 3.